The van der Waals surface area contributed by atoms with Crippen molar-refractivity contribution in [1.82, 2.24) is 19.2 Å². The molecule has 0 spiro atoms. The number of morpholine rings is 1. The number of benzene rings is 1. The van der Waals surface area contributed by atoms with E-state index in [4.69, 9.17) is 10.1 Å². The van der Waals surface area contributed by atoms with Crippen LogP contribution in [0, 0.1) is 5.41 Å². The van der Waals surface area contributed by atoms with Gasteiger partial charge in [0.05, 0.1) is 29.8 Å². The van der Waals surface area contributed by atoms with Gasteiger partial charge >= 0.3 is 0 Å². The van der Waals surface area contributed by atoms with Gasteiger partial charge in [0.1, 0.15) is 11.5 Å². The summed E-state index contributed by atoms with van der Waals surface area (Å²) in [6, 6.07) is 9.45. The average molecular weight is 351 g/mol. The van der Waals surface area contributed by atoms with Gasteiger partial charge < -0.3 is 14.6 Å². The van der Waals surface area contributed by atoms with Crippen molar-refractivity contribution in [2.45, 2.75) is 6.54 Å². The summed E-state index contributed by atoms with van der Waals surface area (Å²) in [4.78, 5) is 20.4. The molecule has 3 aromatic rings. The molecule has 1 aromatic carbocycles. The number of nitrogens with one attached hydrogen (secondary N) is 2. The van der Waals surface area contributed by atoms with Gasteiger partial charge in [-0.1, -0.05) is 12.1 Å². The lowest BCUT2D eigenvalue weighted by molar-refractivity contribution is 0.0359. The number of nitrogens with zero attached hydrogens (tertiary/aromatic N) is 3. The van der Waals surface area contributed by atoms with Crippen molar-refractivity contribution in [2.24, 2.45) is 0 Å². The molecule has 2 N–H and O–H groups in total. The Labute approximate surface area is 150 Å². The average Bonchev–Trinajstić information content (AvgIpc) is 3.19. The van der Waals surface area contributed by atoms with Gasteiger partial charge in [0.15, 0.2) is 0 Å². The summed E-state index contributed by atoms with van der Waals surface area (Å²) in [5, 5.41) is 8.68. The van der Waals surface area contributed by atoms with E-state index in [0.717, 1.165) is 67.2 Å². The highest BCUT2D eigenvalue weighted by atomic mass is 16.5. The molecule has 0 aliphatic carbocycles. The summed E-state index contributed by atoms with van der Waals surface area (Å²) >= 11 is 0. The van der Waals surface area contributed by atoms with Gasteiger partial charge in [0.2, 0.25) is 0 Å². The molecule has 0 unspecified atom stereocenters. The van der Waals surface area contributed by atoms with Crippen LogP contribution in [0.5, 0.6) is 0 Å². The van der Waals surface area contributed by atoms with E-state index >= 15 is 0 Å². The number of aromatic amines is 1. The molecule has 4 heterocycles. The van der Waals surface area contributed by atoms with Crippen LogP contribution in [0.3, 0.4) is 0 Å². The Kier molecular flexibility index (Phi) is 3.58. The lowest BCUT2D eigenvalue weighted by Crippen LogP contribution is -2.41. The summed E-state index contributed by atoms with van der Waals surface area (Å²) < 4.78 is 7.08. The Balaban J connectivity index is 1.50. The van der Waals surface area contributed by atoms with Crippen LogP contribution in [0.2, 0.25) is 0 Å². The zero-order chi connectivity index (χ0) is 17.7. The van der Waals surface area contributed by atoms with Crippen LogP contribution in [0.4, 0.5) is 0 Å². The van der Waals surface area contributed by atoms with E-state index in [2.05, 4.69) is 14.8 Å². The molecule has 26 heavy (non-hydrogen) atoms. The van der Waals surface area contributed by atoms with Crippen molar-refractivity contribution in [3.05, 3.63) is 51.8 Å². The SMILES string of the molecule is N=C1c2c(cc(=O)n3c2[nH]c2ccccc23)CN1CCN1CCOCC1. The summed E-state index contributed by atoms with van der Waals surface area (Å²) in [5.74, 6) is 0.498. The molecule has 0 amide bonds. The monoisotopic (exact) mass is 351 g/mol. The van der Waals surface area contributed by atoms with Crippen LogP contribution < -0.4 is 5.56 Å². The van der Waals surface area contributed by atoms with E-state index in [1.165, 1.54) is 0 Å². The smallest absolute Gasteiger partial charge is 0.257 e. The molecule has 0 saturated carbocycles. The van der Waals surface area contributed by atoms with Crippen LogP contribution >= 0.6 is 0 Å². The fraction of sp³-hybridized carbons (Fsp3) is 0.368. The van der Waals surface area contributed by atoms with Gasteiger partial charge in [0, 0.05) is 38.8 Å². The van der Waals surface area contributed by atoms with E-state index in [0.29, 0.717) is 12.4 Å². The first-order valence-electron chi connectivity index (χ1n) is 9.02. The Hall–Kier alpha value is -2.64. The third kappa shape index (κ3) is 2.35. The minimum Gasteiger partial charge on any atom is -0.379 e. The maximum Gasteiger partial charge on any atom is 0.257 e. The van der Waals surface area contributed by atoms with Crippen LogP contribution in [-0.4, -0.2) is 64.4 Å². The fourth-order valence-corrected chi connectivity index (χ4v) is 4.03. The summed E-state index contributed by atoms with van der Waals surface area (Å²) in [5.41, 5.74) is 4.25. The van der Waals surface area contributed by atoms with Crippen molar-refractivity contribution in [3.63, 3.8) is 0 Å². The minimum atomic E-state index is -0.0426. The third-order valence-electron chi connectivity index (χ3n) is 5.40. The number of para-hydroxylation sites is 2. The molecule has 0 atom stereocenters. The van der Waals surface area contributed by atoms with Gasteiger partial charge in [-0.25, -0.2) is 0 Å². The molecule has 5 rings (SSSR count). The molecular weight excluding hydrogens is 330 g/mol. The van der Waals surface area contributed by atoms with Gasteiger partial charge in [-0.3, -0.25) is 19.5 Å². The zero-order valence-electron chi connectivity index (χ0n) is 14.5. The first-order valence-corrected chi connectivity index (χ1v) is 9.02. The molecule has 2 aliphatic rings. The Morgan fingerprint density at radius 3 is 2.81 bits per heavy atom. The van der Waals surface area contributed by atoms with Crippen LogP contribution in [0.25, 0.3) is 16.7 Å². The second kappa shape index (κ2) is 5.96. The van der Waals surface area contributed by atoms with Crippen LogP contribution in [0.15, 0.2) is 35.1 Å². The number of imidazole rings is 1. The van der Waals surface area contributed by atoms with E-state index in [1.807, 2.05) is 24.3 Å². The molecule has 134 valence electrons. The highest BCUT2D eigenvalue weighted by molar-refractivity contribution is 6.06. The van der Waals surface area contributed by atoms with Crippen LogP contribution in [0.1, 0.15) is 11.1 Å². The predicted octanol–water partition coefficient (Wildman–Crippen LogP) is 1.25. The highest BCUT2D eigenvalue weighted by Gasteiger charge is 2.29. The lowest BCUT2D eigenvalue weighted by atomic mass is 10.1. The molecule has 1 fully saturated rings. The van der Waals surface area contributed by atoms with E-state index in [1.54, 1.807) is 10.5 Å². The number of ether oxygens (including phenoxy) is 1. The van der Waals surface area contributed by atoms with Crippen molar-refractivity contribution < 1.29 is 4.74 Å². The van der Waals surface area contributed by atoms with Crippen molar-refractivity contribution in [3.8, 4) is 0 Å². The molecule has 7 heteroatoms. The Morgan fingerprint density at radius 2 is 1.96 bits per heavy atom. The first-order chi connectivity index (χ1) is 12.7. The second-order valence-electron chi connectivity index (χ2n) is 6.93. The second-order valence-corrected chi connectivity index (χ2v) is 6.93. The highest BCUT2D eigenvalue weighted by Crippen LogP contribution is 2.27. The Morgan fingerprint density at radius 1 is 1.15 bits per heavy atom. The number of H-pyrrole nitrogens is 1. The predicted molar refractivity (Wildman–Crippen MR) is 100 cm³/mol. The first kappa shape index (κ1) is 15.6. The molecule has 0 bridgehead atoms. The molecule has 2 aromatic heterocycles. The summed E-state index contributed by atoms with van der Waals surface area (Å²) in [7, 11) is 0. The van der Waals surface area contributed by atoms with Gasteiger partial charge in [0.25, 0.3) is 5.56 Å². The molecule has 2 aliphatic heterocycles. The number of rotatable bonds is 3. The van der Waals surface area contributed by atoms with Crippen molar-refractivity contribution in [2.75, 3.05) is 39.4 Å². The van der Waals surface area contributed by atoms with Crippen molar-refractivity contribution in [1.29, 1.82) is 5.41 Å². The maximum absolute atomic E-state index is 12.7. The van der Waals surface area contributed by atoms with Gasteiger partial charge in [-0.05, 0) is 17.7 Å². The van der Waals surface area contributed by atoms with Crippen LogP contribution in [-0.2, 0) is 11.3 Å². The molecule has 7 nitrogen and oxygen atoms in total. The number of amidine groups is 1. The number of hydrogen-bond acceptors (Lipinski definition) is 4. The van der Waals surface area contributed by atoms with E-state index in [9.17, 15) is 4.79 Å². The lowest BCUT2D eigenvalue weighted by Gasteiger charge is -2.29. The van der Waals surface area contributed by atoms with Gasteiger partial charge in [-0.15, -0.1) is 0 Å². The summed E-state index contributed by atoms with van der Waals surface area (Å²) in [6.45, 7) is 5.77. The molecular formula is C19H21N5O2. The minimum absolute atomic E-state index is 0.0426. The molecule has 1 saturated heterocycles. The number of fused-ring (bicyclic) bond motifs is 5. The van der Waals surface area contributed by atoms with E-state index in [-0.39, 0.29) is 5.56 Å². The van der Waals surface area contributed by atoms with E-state index < -0.39 is 0 Å². The maximum atomic E-state index is 12.7. The third-order valence-corrected chi connectivity index (χ3v) is 5.40. The number of pyridine rings is 1. The topological polar surface area (TPSA) is 76.8 Å². The number of aromatic nitrogens is 2. The normalized spacial score (nSPS) is 18.2. The summed E-state index contributed by atoms with van der Waals surface area (Å²) in [6.07, 6.45) is 0. The Bertz CT molecular complexity index is 1060. The van der Waals surface area contributed by atoms with Gasteiger partial charge in [-0.2, -0.15) is 0 Å². The largest absolute Gasteiger partial charge is 0.379 e. The standard InChI is InChI=1S/C19H21N5O2/c20-18-17-13(12-23(18)6-5-22-7-9-26-10-8-22)11-16(25)24-15-4-2-1-3-14(15)21-19(17)24/h1-4,11,20-21H,5-10,12H2. The number of hydrogen-bond donors (Lipinski definition) is 2. The quantitative estimate of drug-likeness (QED) is 0.745. The fourth-order valence-electron chi connectivity index (χ4n) is 4.03. The van der Waals surface area contributed by atoms with Crippen molar-refractivity contribution >= 4 is 22.5 Å². The molecule has 0 radical (unpaired) electrons. The zero-order valence-corrected chi connectivity index (χ0v) is 14.5.